The molecule has 1 aromatic carbocycles. The molecule has 6 heteroatoms. The van der Waals surface area contributed by atoms with Crippen molar-refractivity contribution < 1.29 is 19.4 Å². The zero-order valence-corrected chi connectivity index (χ0v) is 11.7. The molecule has 0 heterocycles. The molecule has 0 radical (unpaired) electrons. The molecule has 0 aliphatic carbocycles. The molecule has 0 aromatic heterocycles. The van der Waals surface area contributed by atoms with Crippen LogP contribution >= 0.6 is 0 Å². The summed E-state index contributed by atoms with van der Waals surface area (Å²) < 4.78 is 5.32. The second-order valence-corrected chi connectivity index (χ2v) is 4.24. The minimum atomic E-state index is -1.04. The van der Waals surface area contributed by atoms with Gasteiger partial charge in [0.2, 0.25) is 0 Å². The first-order chi connectivity index (χ1) is 9.56. The van der Waals surface area contributed by atoms with Crippen molar-refractivity contribution in [2.24, 2.45) is 0 Å². The van der Waals surface area contributed by atoms with Gasteiger partial charge in [0.05, 0.1) is 6.61 Å². The summed E-state index contributed by atoms with van der Waals surface area (Å²) in [7, 11) is 0. The summed E-state index contributed by atoms with van der Waals surface area (Å²) in [5.74, 6) is -0.390. The van der Waals surface area contributed by atoms with Crippen molar-refractivity contribution >= 4 is 17.7 Å². The van der Waals surface area contributed by atoms with E-state index in [9.17, 15) is 9.59 Å². The van der Waals surface area contributed by atoms with Gasteiger partial charge in [-0.3, -0.25) is 0 Å². The van der Waals surface area contributed by atoms with Crippen LogP contribution in [0.2, 0.25) is 0 Å². The largest absolute Gasteiger partial charge is 0.494 e. The van der Waals surface area contributed by atoms with Crippen molar-refractivity contribution in [1.82, 2.24) is 5.32 Å². The quantitative estimate of drug-likeness (QED) is 0.716. The van der Waals surface area contributed by atoms with Crippen LogP contribution in [-0.2, 0) is 4.79 Å². The predicted octanol–water partition coefficient (Wildman–Crippen LogP) is 2.46. The van der Waals surface area contributed by atoms with Crippen LogP contribution in [0.25, 0.3) is 0 Å². The van der Waals surface area contributed by atoms with Crippen molar-refractivity contribution in [3.63, 3.8) is 0 Å². The van der Waals surface area contributed by atoms with Crippen LogP contribution in [0, 0.1) is 0 Å². The standard InChI is InChI=1S/C14H20N2O4/c1-3-6-12(13(17)18)16-14(19)15-10-7-5-8-11(9-10)20-4-2/h5,7-9,12H,3-4,6H2,1-2H3,(H,17,18)(H2,15,16,19). The normalized spacial score (nSPS) is 11.5. The van der Waals surface area contributed by atoms with Gasteiger partial charge in [0.15, 0.2) is 0 Å². The highest BCUT2D eigenvalue weighted by Crippen LogP contribution is 2.17. The molecule has 0 saturated carbocycles. The lowest BCUT2D eigenvalue weighted by Crippen LogP contribution is -2.42. The summed E-state index contributed by atoms with van der Waals surface area (Å²) >= 11 is 0. The van der Waals surface area contributed by atoms with E-state index < -0.39 is 18.0 Å². The third-order valence-corrected chi connectivity index (χ3v) is 2.58. The number of carboxylic acids is 1. The highest BCUT2D eigenvalue weighted by molar-refractivity contribution is 5.92. The van der Waals surface area contributed by atoms with Crippen molar-refractivity contribution in [3.05, 3.63) is 24.3 Å². The van der Waals surface area contributed by atoms with Crippen LogP contribution in [0.3, 0.4) is 0 Å². The van der Waals surface area contributed by atoms with E-state index >= 15 is 0 Å². The van der Waals surface area contributed by atoms with Crippen LogP contribution in [0.5, 0.6) is 5.75 Å². The molecule has 6 nitrogen and oxygen atoms in total. The Morgan fingerprint density at radius 2 is 2.10 bits per heavy atom. The van der Waals surface area contributed by atoms with E-state index in [0.717, 1.165) is 0 Å². The number of carbonyl (C=O) groups excluding carboxylic acids is 1. The minimum absolute atomic E-state index is 0.391. The lowest BCUT2D eigenvalue weighted by atomic mass is 10.2. The maximum atomic E-state index is 11.7. The molecular formula is C14H20N2O4. The van der Waals surface area contributed by atoms with Crippen molar-refractivity contribution in [1.29, 1.82) is 0 Å². The number of hydrogen-bond acceptors (Lipinski definition) is 3. The molecule has 1 atom stereocenters. The zero-order valence-electron chi connectivity index (χ0n) is 11.7. The van der Waals surface area contributed by atoms with Gasteiger partial charge in [-0.1, -0.05) is 19.4 Å². The Labute approximate surface area is 118 Å². The monoisotopic (exact) mass is 280 g/mol. The Morgan fingerprint density at radius 3 is 2.70 bits per heavy atom. The first kappa shape index (κ1) is 15.8. The highest BCUT2D eigenvalue weighted by Gasteiger charge is 2.18. The van der Waals surface area contributed by atoms with Gasteiger partial charge in [-0.15, -0.1) is 0 Å². The van der Waals surface area contributed by atoms with Gasteiger partial charge in [-0.05, 0) is 25.5 Å². The number of aliphatic carboxylic acids is 1. The fourth-order valence-corrected chi connectivity index (χ4v) is 1.70. The average Bonchev–Trinajstić information content (AvgIpc) is 2.38. The molecule has 0 aliphatic heterocycles. The van der Waals surface area contributed by atoms with Crippen molar-refractivity contribution in [2.45, 2.75) is 32.7 Å². The number of carboxylic acid groups (broad SMARTS) is 1. The van der Waals surface area contributed by atoms with E-state index in [1.165, 1.54) is 0 Å². The third kappa shape index (κ3) is 5.17. The summed E-state index contributed by atoms with van der Waals surface area (Å²) in [6.07, 6.45) is 1.07. The Bertz CT molecular complexity index is 462. The van der Waals surface area contributed by atoms with Gasteiger partial charge in [-0.25, -0.2) is 9.59 Å². The van der Waals surface area contributed by atoms with E-state index in [0.29, 0.717) is 30.9 Å². The molecule has 0 spiro atoms. The Hall–Kier alpha value is -2.24. The lowest BCUT2D eigenvalue weighted by molar-refractivity contribution is -0.139. The number of benzene rings is 1. The van der Waals surface area contributed by atoms with Crippen molar-refractivity contribution in [2.75, 3.05) is 11.9 Å². The van der Waals surface area contributed by atoms with E-state index in [2.05, 4.69) is 10.6 Å². The van der Waals surface area contributed by atoms with E-state index in [-0.39, 0.29) is 0 Å². The number of hydrogen-bond donors (Lipinski definition) is 3. The number of urea groups is 1. The molecule has 1 rings (SSSR count). The fraction of sp³-hybridized carbons (Fsp3) is 0.429. The molecule has 0 bridgehead atoms. The van der Waals surface area contributed by atoms with E-state index in [1.807, 2.05) is 13.8 Å². The number of amides is 2. The van der Waals surface area contributed by atoms with Crippen molar-refractivity contribution in [3.8, 4) is 5.75 Å². The molecule has 0 aliphatic rings. The van der Waals surface area contributed by atoms with Crippen LogP contribution < -0.4 is 15.4 Å². The molecule has 20 heavy (non-hydrogen) atoms. The summed E-state index contributed by atoms with van der Waals surface area (Å²) in [5.41, 5.74) is 0.550. The second-order valence-electron chi connectivity index (χ2n) is 4.24. The topological polar surface area (TPSA) is 87.7 Å². The fourth-order valence-electron chi connectivity index (χ4n) is 1.70. The summed E-state index contributed by atoms with van der Waals surface area (Å²) in [4.78, 5) is 22.7. The smallest absolute Gasteiger partial charge is 0.326 e. The second kappa shape index (κ2) is 8.04. The molecular weight excluding hydrogens is 260 g/mol. The van der Waals surface area contributed by atoms with E-state index in [4.69, 9.17) is 9.84 Å². The van der Waals surface area contributed by atoms with Gasteiger partial charge in [0.25, 0.3) is 0 Å². The number of ether oxygens (including phenoxy) is 1. The first-order valence-corrected chi connectivity index (χ1v) is 6.60. The zero-order chi connectivity index (χ0) is 15.0. The average molecular weight is 280 g/mol. The minimum Gasteiger partial charge on any atom is -0.494 e. The van der Waals surface area contributed by atoms with E-state index in [1.54, 1.807) is 24.3 Å². The lowest BCUT2D eigenvalue weighted by Gasteiger charge is -2.14. The summed E-state index contributed by atoms with van der Waals surface area (Å²) in [5, 5.41) is 14.0. The van der Waals surface area contributed by atoms with Gasteiger partial charge >= 0.3 is 12.0 Å². The Morgan fingerprint density at radius 1 is 1.35 bits per heavy atom. The summed E-state index contributed by atoms with van der Waals surface area (Å²) in [6.45, 7) is 4.27. The van der Waals surface area contributed by atoms with Crippen LogP contribution in [-0.4, -0.2) is 29.8 Å². The van der Waals surface area contributed by atoms with Crippen LogP contribution in [0.4, 0.5) is 10.5 Å². The Kier molecular flexibility index (Phi) is 6.36. The molecule has 1 aromatic rings. The third-order valence-electron chi connectivity index (χ3n) is 2.58. The molecule has 110 valence electrons. The highest BCUT2D eigenvalue weighted by atomic mass is 16.5. The number of anilines is 1. The Balaban J connectivity index is 2.61. The van der Waals surface area contributed by atoms with Crippen LogP contribution in [0.15, 0.2) is 24.3 Å². The van der Waals surface area contributed by atoms with Gasteiger partial charge in [0, 0.05) is 11.8 Å². The summed E-state index contributed by atoms with van der Waals surface area (Å²) in [6, 6.07) is 5.50. The molecule has 1 unspecified atom stereocenters. The SMILES string of the molecule is CCCC(NC(=O)Nc1cccc(OCC)c1)C(=O)O. The maximum absolute atomic E-state index is 11.7. The number of nitrogens with one attached hydrogen (secondary N) is 2. The molecule has 0 fully saturated rings. The van der Waals surface area contributed by atoms with Crippen LogP contribution in [0.1, 0.15) is 26.7 Å². The molecule has 0 saturated heterocycles. The number of carbonyl (C=O) groups is 2. The van der Waals surface area contributed by atoms with Gasteiger partial charge in [0.1, 0.15) is 11.8 Å². The number of rotatable bonds is 7. The molecule has 3 N–H and O–H groups in total. The van der Waals surface area contributed by atoms with Gasteiger partial charge < -0.3 is 20.5 Å². The first-order valence-electron chi connectivity index (χ1n) is 6.60. The predicted molar refractivity (Wildman–Crippen MR) is 76.1 cm³/mol. The van der Waals surface area contributed by atoms with Gasteiger partial charge in [-0.2, -0.15) is 0 Å². The molecule has 2 amide bonds. The maximum Gasteiger partial charge on any atom is 0.326 e.